The van der Waals surface area contributed by atoms with E-state index in [0.29, 0.717) is 5.75 Å². The number of phosphoric ester groups is 1. The molecule has 1 saturated carbocycles. The molecule has 2 saturated heterocycles. The zero-order chi connectivity index (χ0) is 28.1. The predicted molar refractivity (Wildman–Crippen MR) is 146 cm³/mol. The van der Waals surface area contributed by atoms with Crippen LogP contribution >= 0.6 is 7.82 Å². The van der Waals surface area contributed by atoms with E-state index in [-0.39, 0.29) is 6.61 Å². The molecule has 222 valence electrons. The minimum atomic E-state index is -4.14. The molecule has 2 heterocycles. The standard InChI is InChI=1S/C29H47O9P/c1-6-7-8-9-10-11-12-13-17-20-32-39(31,37-21-18-15-14-16-19-21)38-27-25-23(33-28(2,3)35-25)22(30)24-26(27)36-29(4,5)34-24/h14-16,18-19,22-27,30H,6-13,17,20H2,1-5H3/t22?,23-,24+,25-,26-,27?,39?/m1/s1. The molecule has 1 aromatic rings. The lowest BCUT2D eigenvalue weighted by Crippen LogP contribution is -2.62. The third kappa shape index (κ3) is 8.26. The summed E-state index contributed by atoms with van der Waals surface area (Å²) in [6, 6.07) is 8.82. The molecule has 39 heavy (non-hydrogen) atoms. The summed E-state index contributed by atoms with van der Waals surface area (Å²) in [6.07, 6.45) is 5.40. The van der Waals surface area contributed by atoms with Crippen LogP contribution in [0.1, 0.15) is 92.4 Å². The molecule has 7 atom stereocenters. The van der Waals surface area contributed by atoms with Crippen LogP contribution in [0.25, 0.3) is 0 Å². The highest BCUT2D eigenvalue weighted by molar-refractivity contribution is 7.49. The molecule has 9 nitrogen and oxygen atoms in total. The second-order valence-electron chi connectivity index (χ2n) is 11.7. The maximum Gasteiger partial charge on any atom is 0.530 e. The lowest BCUT2D eigenvalue weighted by Gasteiger charge is -2.41. The normalized spacial score (nSPS) is 32.4. The van der Waals surface area contributed by atoms with Crippen LogP contribution in [-0.4, -0.2) is 59.9 Å². The molecule has 3 aliphatic rings. The van der Waals surface area contributed by atoms with E-state index >= 15 is 0 Å². The molecule has 3 unspecified atom stereocenters. The number of phosphoric acid groups is 1. The van der Waals surface area contributed by atoms with Gasteiger partial charge in [0, 0.05) is 0 Å². The largest absolute Gasteiger partial charge is 0.530 e. The molecule has 0 spiro atoms. The minimum absolute atomic E-state index is 0.225. The van der Waals surface area contributed by atoms with E-state index in [9.17, 15) is 9.67 Å². The van der Waals surface area contributed by atoms with Crippen LogP contribution in [0.4, 0.5) is 0 Å². The Bertz CT molecular complexity index is 908. The van der Waals surface area contributed by atoms with Gasteiger partial charge in [0.15, 0.2) is 11.6 Å². The molecule has 4 rings (SSSR count). The monoisotopic (exact) mass is 570 g/mol. The van der Waals surface area contributed by atoms with Crippen molar-refractivity contribution in [2.75, 3.05) is 6.61 Å². The summed E-state index contributed by atoms with van der Waals surface area (Å²) in [5, 5.41) is 11.1. The Labute approximate surface area is 233 Å². The average molecular weight is 571 g/mol. The second kappa shape index (κ2) is 13.3. The number of para-hydroxylation sites is 1. The molecule has 1 aliphatic carbocycles. The summed E-state index contributed by atoms with van der Waals surface area (Å²) in [7, 11) is -4.14. The summed E-state index contributed by atoms with van der Waals surface area (Å²) in [5.41, 5.74) is 0. The molecule has 1 aromatic carbocycles. The van der Waals surface area contributed by atoms with Gasteiger partial charge in [-0.05, 0) is 46.2 Å². The topological polar surface area (TPSA) is 102 Å². The van der Waals surface area contributed by atoms with E-state index in [1.165, 1.54) is 38.5 Å². The van der Waals surface area contributed by atoms with Crippen LogP contribution in [0.2, 0.25) is 0 Å². The maximum absolute atomic E-state index is 14.1. The van der Waals surface area contributed by atoms with Gasteiger partial charge in [0.1, 0.15) is 42.4 Å². The molecular weight excluding hydrogens is 523 g/mol. The Kier molecular flexibility index (Phi) is 10.5. The Hall–Kier alpha value is -1.03. The van der Waals surface area contributed by atoms with Crippen LogP contribution in [0.15, 0.2) is 30.3 Å². The molecule has 0 aromatic heterocycles. The number of unbranched alkanes of at least 4 members (excludes halogenated alkanes) is 8. The summed E-state index contributed by atoms with van der Waals surface area (Å²) in [6.45, 7) is 9.49. The number of rotatable bonds is 15. The number of aliphatic hydroxyl groups is 1. The first-order chi connectivity index (χ1) is 18.5. The van der Waals surface area contributed by atoms with E-state index in [1.807, 2.05) is 6.07 Å². The highest BCUT2D eigenvalue weighted by atomic mass is 31.2. The van der Waals surface area contributed by atoms with Crippen molar-refractivity contribution in [3.63, 3.8) is 0 Å². The maximum atomic E-state index is 14.1. The number of benzene rings is 1. The quantitative estimate of drug-likeness (QED) is 0.186. The molecule has 1 N–H and O–H groups in total. The Balaban J connectivity index is 1.43. The Morgan fingerprint density at radius 3 is 1.79 bits per heavy atom. The van der Waals surface area contributed by atoms with E-state index in [1.54, 1.807) is 52.0 Å². The smallest absolute Gasteiger partial charge is 0.404 e. The predicted octanol–water partition coefficient (Wildman–Crippen LogP) is 6.52. The van der Waals surface area contributed by atoms with Crippen LogP contribution in [0, 0.1) is 0 Å². The van der Waals surface area contributed by atoms with Gasteiger partial charge in [-0.1, -0.05) is 76.5 Å². The molecule has 3 fully saturated rings. The summed E-state index contributed by atoms with van der Waals surface area (Å²) >= 11 is 0. The van der Waals surface area contributed by atoms with Gasteiger partial charge in [-0.25, -0.2) is 4.57 Å². The molecular formula is C29H47O9P. The highest BCUT2D eigenvalue weighted by Gasteiger charge is 2.65. The summed E-state index contributed by atoms with van der Waals surface area (Å²) in [4.78, 5) is 0. The van der Waals surface area contributed by atoms with E-state index in [0.717, 1.165) is 19.3 Å². The molecule has 0 bridgehead atoms. The van der Waals surface area contributed by atoms with Gasteiger partial charge in [0.25, 0.3) is 0 Å². The fraction of sp³-hybridized carbons (Fsp3) is 0.793. The lowest BCUT2D eigenvalue weighted by atomic mass is 9.85. The van der Waals surface area contributed by atoms with Gasteiger partial charge in [-0.15, -0.1) is 0 Å². The molecule has 2 aliphatic heterocycles. The van der Waals surface area contributed by atoms with Crippen LogP contribution in [0.5, 0.6) is 5.75 Å². The summed E-state index contributed by atoms with van der Waals surface area (Å²) < 4.78 is 56.4. The van der Waals surface area contributed by atoms with Crippen molar-refractivity contribution in [2.24, 2.45) is 0 Å². The lowest BCUT2D eigenvalue weighted by molar-refractivity contribution is -0.182. The van der Waals surface area contributed by atoms with Gasteiger partial charge in [-0.2, -0.15) is 0 Å². The van der Waals surface area contributed by atoms with Crippen molar-refractivity contribution in [1.82, 2.24) is 0 Å². The van der Waals surface area contributed by atoms with Gasteiger partial charge in [-0.3, -0.25) is 9.05 Å². The number of hydrogen-bond acceptors (Lipinski definition) is 9. The van der Waals surface area contributed by atoms with Gasteiger partial charge >= 0.3 is 7.82 Å². The number of ether oxygens (including phenoxy) is 4. The van der Waals surface area contributed by atoms with Crippen molar-refractivity contribution >= 4 is 7.82 Å². The minimum Gasteiger partial charge on any atom is -0.404 e. The van der Waals surface area contributed by atoms with Crippen molar-refractivity contribution < 1.29 is 42.2 Å². The first kappa shape index (κ1) is 30.9. The zero-order valence-electron chi connectivity index (χ0n) is 24.1. The van der Waals surface area contributed by atoms with Crippen molar-refractivity contribution in [1.29, 1.82) is 0 Å². The zero-order valence-corrected chi connectivity index (χ0v) is 25.0. The Morgan fingerprint density at radius 1 is 0.769 bits per heavy atom. The number of fused-ring (bicyclic) bond motifs is 2. The molecule has 0 amide bonds. The van der Waals surface area contributed by atoms with Gasteiger partial charge in [0.2, 0.25) is 0 Å². The van der Waals surface area contributed by atoms with Crippen molar-refractivity contribution in [3.8, 4) is 5.75 Å². The molecule has 10 heteroatoms. The third-order valence-electron chi connectivity index (χ3n) is 7.36. The van der Waals surface area contributed by atoms with Crippen molar-refractivity contribution in [3.05, 3.63) is 30.3 Å². The van der Waals surface area contributed by atoms with Gasteiger partial charge < -0.3 is 28.6 Å². The Morgan fingerprint density at radius 2 is 1.26 bits per heavy atom. The van der Waals surface area contributed by atoms with Crippen LogP contribution in [0.3, 0.4) is 0 Å². The third-order valence-corrected chi connectivity index (χ3v) is 8.79. The molecule has 0 radical (unpaired) electrons. The van der Waals surface area contributed by atoms with E-state index < -0.39 is 56.0 Å². The van der Waals surface area contributed by atoms with Crippen LogP contribution in [-0.2, 0) is 32.6 Å². The number of hydrogen-bond donors (Lipinski definition) is 1. The van der Waals surface area contributed by atoms with Crippen molar-refractivity contribution in [2.45, 2.75) is 141 Å². The summed E-state index contributed by atoms with van der Waals surface area (Å²) in [5.74, 6) is -1.59. The fourth-order valence-electron chi connectivity index (χ4n) is 5.59. The van der Waals surface area contributed by atoms with Crippen LogP contribution < -0.4 is 4.52 Å². The number of aliphatic hydroxyl groups excluding tert-OH is 1. The van der Waals surface area contributed by atoms with Gasteiger partial charge in [0.05, 0.1) is 6.61 Å². The van der Waals surface area contributed by atoms with E-state index in [2.05, 4.69) is 6.92 Å². The highest BCUT2D eigenvalue weighted by Crippen LogP contribution is 2.55. The SMILES string of the molecule is CCCCCCCCCCCOP(=O)(Oc1ccccc1)OC1[C@@H]2OC(C)(C)O[C@@H]2C(O)[C@@H]2OC(C)(C)O[C@@H]12. The average Bonchev–Trinajstić information content (AvgIpc) is 3.39. The first-order valence-electron chi connectivity index (χ1n) is 14.6. The van der Waals surface area contributed by atoms with E-state index in [4.69, 9.17) is 32.5 Å². The fourth-order valence-corrected chi connectivity index (χ4v) is 7.02. The first-order valence-corrected chi connectivity index (χ1v) is 16.1. The second-order valence-corrected chi connectivity index (χ2v) is 13.2.